The van der Waals surface area contributed by atoms with Gasteiger partial charge < -0.3 is 15.2 Å². The minimum Gasteiger partial charge on any atom is -0.491 e. The number of halogens is 1. The normalized spacial score (nSPS) is 12.1. The van der Waals surface area contributed by atoms with Crippen molar-refractivity contribution >= 4 is 15.9 Å². The molecule has 0 saturated heterocycles. The first-order valence-electron chi connectivity index (χ1n) is 6.28. The Hall–Kier alpha value is -1.50. The van der Waals surface area contributed by atoms with Crippen molar-refractivity contribution in [3.63, 3.8) is 0 Å². The van der Waals surface area contributed by atoms with Crippen molar-refractivity contribution in [3.05, 3.63) is 52.8 Å². The summed E-state index contributed by atoms with van der Waals surface area (Å²) < 4.78 is 6.45. The third-order valence-corrected chi connectivity index (χ3v) is 3.05. The molecule has 0 amide bonds. The van der Waals surface area contributed by atoms with Crippen LogP contribution in [0, 0.1) is 0 Å². The Morgan fingerprint density at radius 2 is 2.20 bits per heavy atom. The molecule has 0 aliphatic rings. The molecular weight excluding hydrogens is 322 g/mol. The highest BCUT2D eigenvalue weighted by molar-refractivity contribution is 9.10. The van der Waals surface area contributed by atoms with Crippen molar-refractivity contribution in [2.24, 2.45) is 0 Å². The Morgan fingerprint density at radius 3 is 2.95 bits per heavy atom. The van der Waals surface area contributed by atoms with Crippen LogP contribution in [0.5, 0.6) is 5.75 Å². The van der Waals surface area contributed by atoms with Gasteiger partial charge in [-0.3, -0.25) is 0 Å². The molecule has 0 radical (unpaired) electrons. The quantitative estimate of drug-likeness (QED) is 0.805. The van der Waals surface area contributed by atoms with Gasteiger partial charge in [-0.25, -0.2) is 0 Å². The Labute approximate surface area is 126 Å². The van der Waals surface area contributed by atoms with E-state index in [2.05, 4.69) is 31.4 Å². The van der Waals surface area contributed by atoms with Gasteiger partial charge in [0, 0.05) is 23.8 Å². The number of nitrogens with zero attached hydrogens (tertiary/aromatic N) is 2. The molecular formula is C14H16BrN3O2. The molecule has 1 heterocycles. The largest absolute Gasteiger partial charge is 0.491 e. The van der Waals surface area contributed by atoms with E-state index in [4.69, 9.17) is 4.74 Å². The van der Waals surface area contributed by atoms with Gasteiger partial charge in [0.05, 0.1) is 5.69 Å². The van der Waals surface area contributed by atoms with Gasteiger partial charge in [0.2, 0.25) is 0 Å². The fourth-order valence-electron chi connectivity index (χ4n) is 1.60. The summed E-state index contributed by atoms with van der Waals surface area (Å²) in [4.78, 5) is 0. The van der Waals surface area contributed by atoms with Gasteiger partial charge in [-0.1, -0.05) is 22.0 Å². The van der Waals surface area contributed by atoms with Crippen LogP contribution in [0.1, 0.15) is 5.69 Å². The number of aromatic nitrogens is 2. The molecule has 0 aliphatic heterocycles. The van der Waals surface area contributed by atoms with Gasteiger partial charge in [0.25, 0.3) is 0 Å². The zero-order chi connectivity index (χ0) is 14.2. The molecule has 1 aromatic carbocycles. The van der Waals surface area contributed by atoms with Gasteiger partial charge in [0.1, 0.15) is 18.5 Å². The van der Waals surface area contributed by atoms with Gasteiger partial charge in [-0.15, -0.1) is 0 Å². The Morgan fingerprint density at radius 1 is 1.30 bits per heavy atom. The van der Waals surface area contributed by atoms with Gasteiger partial charge in [0.15, 0.2) is 0 Å². The summed E-state index contributed by atoms with van der Waals surface area (Å²) in [6.07, 6.45) is 1.05. The summed E-state index contributed by atoms with van der Waals surface area (Å²) in [5.41, 5.74) is 0.840. The topological polar surface area (TPSA) is 67.3 Å². The van der Waals surface area contributed by atoms with Crippen LogP contribution in [-0.4, -0.2) is 34.6 Å². The maximum atomic E-state index is 9.82. The van der Waals surface area contributed by atoms with Crippen molar-refractivity contribution in [2.45, 2.75) is 12.6 Å². The van der Waals surface area contributed by atoms with Crippen LogP contribution < -0.4 is 10.1 Å². The molecule has 1 aromatic heterocycles. The van der Waals surface area contributed by atoms with E-state index in [1.165, 1.54) is 0 Å². The average Bonchev–Trinajstić information content (AvgIpc) is 2.46. The lowest BCUT2D eigenvalue weighted by Crippen LogP contribution is -2.31. The molecule has 0 fully saturated rings. The maximum absolute atomic E-state index is 9.82. The van der Waals surface area contributed by atoms with Crippen LogP contribution in [0.25, 0.3) is 0 Å². The first-order valence-corrected chi connectivity index (χ1v) is 7.07. The summed E-state index contributed by atoms with van der Waals surface area (Å²) in [6, 6.07) is 11.2. The predicted molar refractivity (Wildman–Crippen MR) is 79.4 cm³/mol. The van der Waals surface area contributed by atoms with Crippen LogP contribution in [0.4, 0.5) is 0 Å². The van der Waals surface area contributed by atoms with Crippen LogP contribution in [-0.2, 0) is 6.54 Å². The lowest BCUT2D eigenvalue weighted by atomic mass is 10.3. The second-order valence-electron chi connectivity index (χ2n) is 4.27. The van der Waals surface area contributed by atoms with Crippen LogP contribution in [0.2, 0.25) is 0 Å². The molecule has 2 rings (SSSR count). The highest BCUT2D eigenvalue weighted by Gasteiger charge is 2.05. The fourth-order valence-corrected chi connectivity index (χ4v) is 1.98. The molecule has 106 valence electrons. The molecule has 0 spiro atoms. The molecule has 1 atom stereocenters. The maximum Gasteiger partial charge on any atom is 0.120 e. The van der Waals surface area contributed by atoms with E-state index in [1.54, 1.807) is 6.20 Å². The van der Waals surface area contributed by atoms with Gasteiger partial charge in [-0.2, -0.15) is 10.2 Å². The highest BCUT2D eigenvalue weighted by Crippen LogP contribution is 2.17. The molecule has 6 heteroatoms. The predicted octanol–water partition coefficient (Wildman–Crippen LogP) is 1.77. The van der Waals surface area contributed by atoms with Crippen molar-refractivity contribution in [1.29, 1.82) is 0 Å². The Kier molecular flexibility index (Phi) is 5.91. The van der Waals surface area contributed by atoms with Crippen LogP contribution in [0.15, 0.2) is 47.1 Å². The van der Waals surface area contributed by atoms with E-state index in [-0.39, 0.29) is 6.61 Å². The SMILES string of the molecule is OC(CNCc1cccnn1)COc1cccc(Br)c1. The van der Waals surface area contributed by atoms with E-state index in [9.17, 15) is 5.11 Å². The molecule has 0 aliphatic carbocycles. The highest BCUT2D eigenvalue weighted by atomic mass is 79.9. The monoisotopic (exact) mass is 337 g/mol. The van der Waals surface area contributed by atoms with Gasteiger partial charge in [-0.05, 0) is 30.3 Å². The number of rotatable bonds is 7. The zero-order valence-electron chi connectivity index (χ0n) is 10.9. The number of hydrogen-bond donors (Lipinski definition) is 2. The number of aliphatic hydroxyl groups excluding tert-OH is 1. The van der Waals surface area contributed by atoms with E-state index in [0.29, 0.717) is 13.1 Å². The standard InChI is InChI=1S/C14H16BrN3O2/c15-11-3-1-5-14(7-11)20-10-13(19)9-16-8-12-4-2-6-17-18-12/h1-7,13,16,19H,8-10H2. The van der Waals surface area contributed by atoms with Crippen molar-refractivity contribution < 1.29 is 9.84 Å². The van der Waals surface area contributed by atoms with Crippen molar-refractivity contribution in [2.75, 3.05) is 13.2 Å². The zero-order valence-corrected chi connectivity index (χ0v) is 12.5. The summed E-state index contributed by atoms with van der Waals surface area (Å²) >= 11 is 3.37. The van der Waals surface area contributed by atoms with Crippen molar-refractivity contribution in [3.8, 4) is 5.75 Å². The summed E-state index contributed by atoms with van der Waals surface area (Å²) in [5, 5.41) is 20.7. The van der Waals surface area contributed by atoms with Crippen LogP contribution in [0.3, 0.4) is 0 Å². The molecule has 20 heavy (non-hydrogen) atoms. The lowest BCUT2D eigenvalue weighted by molar-refractivity contribution is 0.106. The average molecular weight is 338 g/mol. The summed E-state index contributed by atoms with van der Waals surface area (Å²) in [5.74, 6) is 0.729. The van der Waals surface area contributed by atoms with E-state index in [0.717, 1.165) is 15.9 Å². The molecule has 5 nitrogen and oxygen atoms in total. The summed E-state index contributed by atoms with van der Waals surface area (Å²) in [6.45, 7) is 1.25. The number of ether oxygens (including phenoxy) is 1. The smallest absolute Gasteiger partial charge is 0.120 e. The first kappa shape index (κ1) is 14.9. The molecule has 2 N–H and O–H groups in total. The van der Waals surface area contributed by atoms with Crippen LogP contribution >= 0.6 is 15.9 Å². The molecule has 2 aromatic rings. The lowest BCUT2D eigenvalue weighted by Gasteiger charge is -2.13. The third kappa shape index (κ3) is 5.24. The number of hydrogen-bond acceptors (Lipinski definition) is 5. The minimum absolute atomic E-state index is 0.240. The Balaban J connectivity index is 1.67. The fraction of sp³-hybridized carbons (Fsp3) is 0.286. The molecule has 1 unspecified atom stereocenters. The minimum atomic E-state index is -0.578. The van der Waals surface area contributed by atoms with Gasteiger partial charge >= 0.3 is 0 Å². The molecule has 0 bridgehead atoms. The van der Waals surface area contributed by atoms with E-state index >= 15 is 0 Å². The second kappa shape index (κ2) is 7.94. The third-order valence-electron chi connectivity index (χ3n) is 2.55. The molecule has 0 saturated carbocycles. The number of aliphatic hydroxyl groups is 1. The number of nitrogens with one attached hydrogen (secondary N) is 1. The van der Waals surface area contributed by atoms with Crippen molar-refractivity contribution in [1.82, 2.24) is 15.5 Å². The number of benzene rings is 1. The summed E-state index contributed by atoms with van der Waals surface area (Å²) in [7, 11) is 0. The first-order chi connectivity index (χ1) is 9.74. The van der Waals surface area contributed by atoms with E-state index in [1.807, 2.05) is 36.4 Å². The second-order valence-corrected chi connectivity index (χ2v) is 5.18. The van der Waals surface area contributed by atoms with E-state index < -0.39 is 6.10 Å². The Bertz CT molecular complexity index is 525.